The van der Waals surface area contributed by atoms with Gasteiger partial charge in [-0.2, -0.15) is 0 Å². The molecule has 0 spiro atoms. The zero-order valence-corrected chi connectivity index (χ0v) is 8.39. The predicted molar refractivity (Wildman–Crippen MR) is 56.8 cm³/mol. The second-order valence-corrected chi connectivity index (χ2v) is 3.32. The number of hydrogen-bond donors (Lipinski definition) is 3. The van der Waals surface area contributed by atoms with Crippen LogP contribution in [0.2, 0.25) is 0 Å². The van der Waals surface area contributed by atoms with E-state index in [1.807, 2.05) is 6.07 Å². The molecule has 0 unspecified atom stereocenters. The lowest BCUT2D eigenvalue weighted by atomic mass is 10.2. The Labute approximate surface area is 88.6 Å². The number of rotatable bonds is 1. The van der Waals surface area contributed by atoms with E-state index in [-0.39, 0.29) is 6.04 Å². The van der Waals surface area contributed by atoms with E-state index in [0.29, 0.717) is 5.75 Å². The fourth-order valence-corrected chi connectivity index (χ4v) is 1.32. The van der Waals surface area contributed by atoms with Gasteiger partial charge in [-0.05, 0) is 31.5 Å². The number of nitrogens with one attached hydrogen (secondary N) is 1. The molecule has 0 radical (unpaired) electrons. The minimum atomic E-state index is -0.720. The smallest absolute Gasteiger partial charge is 0.320 e. The fraction of sp³-hybridized carbons (Fsp3) is 0.364. The quantitative estimate of drug-likeness (QED) is 0.650. The lowest BCUT2D eigenvalue weighted by Gasteiger charge is -1.99. The van der Waals surface area contributed by atoms with Gasteiger partial charge in [0.15, 0.2) is 0 Å². The molecule has 0 aromatic heterocycles. The Bertz CT molecular complexity index is 294. The molecule has 3 N–H and O–H groups in total. The van der Waals surface area contributed by atoms with Gasteiger partial charge in [0.1, 0.15) is 11.8 Å². The first kappa shape index (κ1) is 11.5. The SMILES string of the molecule is O=C(O)[C@@H]1CCCN1.Oc1ccccc1. The number of aromatic hydroxyl groups is 1. The van der Waals surface area contributed by atoms with Crippen LogP contribution in [0.3, 0.4) is 0 Å². The minimum absolute atomic E-state index is 0.269. The normalized spacial score (nSPS) is 19.1. The monoisotopic (exact) mass is 209 g/mol. The van der Waals surface area contributed by atoms with E-state index in [9.17, 15) is 4.79 Å². The number of carboxylic acids is 1. The van der Waals surface area contributed by atoms with E-state index >= 15 is 0 Å². The van der Waals surface area contributed by atoms with Crippen molar-refractivity contribution < 1.29 is 15.0 Å². The van der Waals surface area contributed by atoms with Gasteiger partial charge in [-0.15, -0.1) is 0 Å². The van der Waals surface area contributed by atoms with E-state index in [0.717, 1.165) is 19.4 Å². The van der Waals surface area contributed by atoms with E-state index in [1.54, 1.807) is 24.3 Å². The van der Waals surface area contributed by atoms with Crippen LogP contribution < -0.4 is 5.32 Å². The number of hydrogen-bond acceptors (Lipinski definition) is 3. The summed E-state index contributed by atoms with van der Waals surface area (Å²) in [6.45, 7) is 0.858. The van der Waals surface area contributed by atoms with Gasteiger partial charge in [0, 0.05) is 0 Å². The number of carbonyl (C=O) groups is 1. The van der Waals surface area contributed by atoms with E-state index in [1.165, 1.54) is 0 Å². The third kappa shape index (κ3) is 4.46. The predicted octanol–water partition coefficient (Wildman–Crippen LogP) is 1.22. The summed E-state index contributed by atoms with van der Waals surface area (Å²) in [6.07, 6.45) is 1.78. The van der Waals surface area contributed by atoms with Crippen LogP contribution in [0, 0.1) is 0 Å². The highest BCUT2D eigenvalue weighted by molar-refractivity contribution is 5.73. The Morgan fingerprint density at radius 3 is 2.27 bits per heavy atom. The Morgan fingerprint density at radius 1 is 1.33 bits per heavy atom. The molecule has 15 heavy (non-hydrogen) atoms. The maximum Gasteiger partial charge on any atom is 0.320 e. The molecule has 1 aliphatic heterocycles. The lowest BCUT2D eigenvalue weighted by Crippen LogP contribution is -2.29. The lowest BCUT2D eigenvalue weighted by molar-refractivity contribution is -0.139. The van der Waals surface area contributed by atoms with Crippen LogP contribution in [0.25, 0.3) is 0 Å². The molecule has 4 nitrogen and oxygen atoms in total. The molecule has 0 saturated carbocycles. The van der Waals surface area contributed by atoms with Gasteiger partial charge in [-0.1, -0.05) is 18.2 Å². The van der Waals surface area contributed by atoms with Crippen molar-refractivity contribution in [2.45, 2.75) is 18.9 Å². The molecule has 0 bridgehead atoms. The van der Waals surface area contributed by atoms with Gasteiger partial charge in [0.25, 0.3) is 0 Å². The van der Waals surface area contributed by atoms with Crippen LogP contribution >= 0.6 is 0 Å². The van der Waals surface area contributed by atoms with E-state index in [4.69, 9.17) is 10.2 Å². The molecule has 1 atom stereocenters. The fourth-order valence-electron chi connectivity index (χ4n) is 1.32. The van der Waals surface area contributed by atoms with Gasteiger partial charge in [-0.3, -0.25) is 4.79 Å². The van der Waals surface area contributed by atoms with Gasteiger partial charge in [0.05, 0.1) is 0 Å². The summed E-state index contributed by atoms with van der Waals surface area (Å²) in [4.78, 5) is 10.1. The molecule has 0 amide bonds. The van der Waals surface area contributed by atoms with E-state index < -0.39 is 5.97 Å². The number of para-hydroxylation sites is 1. The van der Waals surface area contributed by atoms with Crippen LogP contribution in [0.1, 0.15) is 12.8 Å². The second kappa shape index (κ2) is 6.03. The molecule has 82 valence electrons. The third-order valence-electron chi connectivity index (χ3n) is 2.11. The molecule has 1 aliphatic rings. The first-order chi connectivity index (χ1) is 7.20. The standard InChI is InChI=1S/C6H6O.C5H9NO2/c7-6-4-2-1-3-5-6;7-5(8)4-2-1-3-6-4/h1-5,7H;4,6H,1-3H2,(H,7,8)/t;4-/m.0/s1. The third-order valence-corrected chi connectivity index (χ3v) is 2.11. The maximum absolute atomic E-state index is 10.1. The Balaban J connectivity index is 0.000000151. The van der Waals surface area contributed by atoms with Crippen molar-refractivity contribution in [2.75, 3.05) is 6.54 Å². The van der Waals surface area contributed by atoms with Crippen molar-refractivity contribution in [1.82, 2.24) is 5.32 Å². The number of carboxylic acid groups (broad SMARTS) is 1. The van der Waals surface area contributed by atoms with Crippen molar-refractivity contribution in [2.24, 2.45) is 0 Å². The molecule has 0 aliphatic carbocycles. The molecule has 1 aromatic carbocycles. The highest BCUT2D eigenvalue weighted by Crippen LogP contribution is 2.03. The number of benzene rings is 1. The van der Waals surface area contributed by atoms with E-state index in [2.05, 4.69) is 5.32 Å². The Kier molecular flexibility index (Phi) is 4.63. The highest BCUT2D eigenvalue weighted by atomic mass is 16.4. The van der Waals surface area contributed by atoms with Gasteiger partial charge < -0.3 is 15.5 Å². The van der Waals surface area contributed by atoms with Crippen molar-refractivity contribution in [3.8, 4) is 5.75 Å². The summed E-state index contributed by atoms with van der Waals surface area (Å²) in [6, 6.07) is 8.44. The average molecular weight is 209 g/mol. The largest absolute Gasteiger partial charge is 0.508 e. The first-order valence-corrected chi connectivity index (χ1v) is 4.90. The molecule has 1 aromatic rings. The number of aliphatic carboxylic acids is 1. The summed E-state index contributed by atoms with van der Waals surface area (Å²) in [7, 11) is 0. The average Bonchev–Trinajstić information content (AvgIpc) is 2.72. The molecule has 1 heterocycles. The molecular formula is C11H15NO3. The molecule has 4 heteroatoms. The molecule has 1 saturated heterocycles. The van der Waals surface area contributed by atoms with Gasteiger partial charge >= 0.3 is 5.97 Å². The summed E-state index contributed by atoms with van der Waals surface area (Å²) in [5.74, 6) is -0.398. The molecule has 2 rings (SSSR count). The summed E-state index contributed by atoms with van der Waals surface area (Å²) in [5.41, 5.74) is 0. The molecule has 1 fully saturated rings. The Hall–Kier alpha value is -1.55. The van der Waals surface area contributed by atoms with Crippen LogP contribution in [-0.2, 0) is 4.79 Å². The number of phenolic OH excluding ortho intramolecular Hbond substituents is 1. The first-order valence-electron chi connectivity index (χ1n) is 4.90. The Morgan fingerprint density at radius 2 is 2.00 bits per heavy atom. The summed E-state index contributed by atoms with van der Waals surface area (Å²) in [5, 5.41) is 19.8. The van der Waals surface area contributed by atoms with Gasteiger partial charge in [-0.25, -0.2) is 0 Å². The summed E-state index contributed by atoms with van der Waals surface area (Å²) < 4.78 is 0. The van der Waals surface area contributed by atoms with Gasteiger partial charge in [0.2, 0.25) is 0 Å². The zero-order valence-electron chi connectivity index (χ0n) is 8.39. The zero-order chi connectivity index (χ0) is 11.1. The van der Waals surface area contributed by atoms with Crippen molar-refractivity contribution in [3.05, 3.63) is 30.3 Å². The van der Waals surface area contributed by atoms with Crippen LogP contribution in [0.5, 0.6) is 5.75 Å². The highest BCUT2D eigenvalue weighted by Gasteiger charge is 2.20. The summed E-state index contributed by atoms with van der Waals surface area (Å²) >= 11 is 0. The maximum atomic E-state index is 10.1. The van der Waals surface area contributed by atoms with Crippen LogP contribution in [-0.4, -0.2) is 28.8 Å². The molecular weight excluding hydrogens is 194 g/mol. The topological polar surface area (TPSA) is 69.6 Å². The van der Waals surface area contributed by atoms with Crippen molar-refractivity contribution in [3.63, 3.8) is 0 Å². The van der Waals surface area contributed by atoms with Crippen LogP contribution in [0.4, 0.5) is 0 Å². The minimum Gasteiger partial charge on any atom is -0.508 e. The number of phenols is 1. The van der Waals surface area contributed by atoms with Crippen LogP contribution in [0.15, 0.2) is 30.3 Å². The second-order valence-electron chi connectivity index (χ2n) is 3.32. The van der Waals surface area contributed by atoms with Crippen molar-refractivity contribution in [1.29, 1.82) is 0 Å². The van der Waals surface area contributed by atoms with Crippen molar-refractivity contribution >= 4 is 5.97 Å².